The number of carbonyl (C=O) groups excluding carboxylic acids is 1. The van der Waals surface area contributed by atoms with E-state index >= 15 is 0 Å². The van der Waals surface area contributed by atoms with Crippen molar-refractivity contribution in [1.82, 2.24) is 0 Å². The number of carboxylic acid groups (broad SMARTS) is 1. The van der Waals surface area contributed by atoms with Crippen LogP contribution in [0.3, 0.4) is 0 Å². The standard InChI is InChI=1S/C13H18N2O3/c1-2-3-4-12(16)15(9-13(17)18)11-7-5-10(14)6-8-11/h5-8H,2-4,9,14H2,1H3,(H,17,18). The molecule has 0 aliphatic heterocycles. The first-order chi connectivity index (χ1) is 8.54. The number of benzene rings is 1. The molecular formula is C13H18N2O3. The van der Waals surface area contributed by atoms with E-state index in [4.69, 9.17) is 10.8 Å². The van der Waals surface area contributed by atoms with E-state index in [1.807, 2.05) is 6.92 Å². The Hall–Kier alpha value is -2.04. The highest BCUT2D eigenvalue weighted by molar-refractivity contribution is 5.97. The van der Waals surface area contributed by atoms with Gasteiger partial charge >= 0.3 is 5.97 Å². The molecule has 0 saturated carbocycles. The van der Waals surface area contributed by atoms with Gasteiger partial charge in [0.05, 0.1) is 0 Å². The number of nitrogen functional groups attached to an aromatic ring is 1. The molecule has 18 heavy (non-hydrogen) atoms. The Bertz CT molecular complexity index is 415. The first-order valence-electron chi connectivity index (χ1n) is 5.92. The molecule has 1 aromatic carbocycles. The predicted molar refractivity (Wildman–Crippen MR) is 70.4 cm³/mol. The fraction of sp³-hybridized carbons (Fsp3) is 0.385. The normalized spacial score (nSPS) is 10.1. The van der Waals surface area contributed by atoms with Crippen LogP contribution in [0.4, 0.5) is 11.4 Å². The lowest BCUT2D eigenvalue weighted by Crippen LogP contribution is -2.35. The Morgan fingerprint density at radius 3 is 2.39 bits per heavy atom. The van der Waals surface area contributed by atoms with Gasteiger partial charge in [0.25, 0.3) is 0 Å². The third-order valence-corrected chi connectivity index (χ3v) is 2.54. The van der Waals surface area contributed by atoms with Crippen LogP contribution in [0.15, 0.2) is 24.3 Å². The Labute approximate surface area is 106 Å². The molecule has 5 heteroatoms. The topological polar surface area (TPSA) is 83.6 Å². The molecule has 98 valence electrons. The van der Waals surface area contributed by atoms with Gasteiger partial charge in [0.15, 0.2) is 0 Å². The Balaban J connectivity index is 2.86. The number of anilines is 2. The van der Waals surface area contributed by atoms with E-state index in [9.17, 15) is 9.59 Å². The first kappa shape index (κ1) is 14.0. The highest BCUT2D eigenvalue weighted by Gasteiger charge is 2.17. The number of aliphatic carboxylic acids is 1. The van der Waals surface area contributed by atoms with E-state index in [1.54, 1.807) is 24.3 Å². The van der Waals surface area contributed by atoms with E-state index in [2.05, 4.69) is 0 Å². The van der Waals surface area contributed by atoms with Crippen LogP contribution in [0.2, 0.25) is 0 Å². The third-order valence-electron chi connectivity index (χ3n) is 2.54. The summed E-state index contributed by atoms with van der Waals surface area (Å²) in [5.41, 5.74) is 6.71. The second kappa shape index (κ2) is 6.64. The number of rotatable bonds is 6. The monoisotopic (exact) mass is 250 g/mol. The van der Waals surface area contributed by atoms with Crippen LogP contribution in [-0.4, -0.2) is 23.5 Å². The van der Waals surface area contributed by atoms with Crippen LogP contribution in [0.5, 0.6) is 0 Å². The number of carboxylic acids is 1. The summed E-state index contributed by atoms with van der Waals surface area (Å²) in [5.74, 6) is -1.21. The molecule has 0 radical (unpaired) electrons. The lowest BCUT2D eigenvalue weighted by atomic mass is 10.2. The minimum absolute atomic E-state index is 0.177. The largest absolute Gasteiger partial charge is 0.480 e. The van der Waals surface area contributed by atoms with Gasteiger partial charge in [-0.2, -0.15) is 0 Å². The Kier molecular flexibility index (Phi) is 5.17. The average Bonchev–Trinajstić information content (AvgIpc) is 2.34. The van der Waals surface area contributed by atoms with Crippen molar-refractivity contribution in [3.63, 3.8) is 0 Å². The highest BCUT2D eigenvalue weighted by atomic mass is 16.4. The zero-order valence-electron chi connectivity index (χ0n) is 10.4. The molecule has 1 rings (SSSR count). The maximum Gasteiger partial charge on any atom is 0.323 e. The summed E-state index contributed by atoms with van der Waals surface area (Å²) in [6, 6.07) is 6.61. The second-order valence-corrected chi connectivity index (χ2v) is 4.07. The molecule has 0 spiro atoms. The fourth-order valence-corrected chi connectivity index (χ4v) is 1.58. The molecule has 0 unspecified atom stereocenters. The predicted octanol–water partition coefficient (Wildman–Crippen LogP) is 1.88. The van der Waals surface area contributed by atoms with Crippen molar-refractivity contribution in [3.8, 4) is 0 Å². The minimum atomic E-state index is -1.03. The van der Waals surface area contributed by atoms with Crippen LogP contribution < -0.4 is 10.6 Å². The molecule has 0 aliphatic carbocycles. The van der Waals surface area contributed by atoms with Gasteiger partial charge in [-0.15, -0.1) is 0 Å². The van der Waals surface area contributed by atoms with Gasteiger partial charge in [-0.25, -0.2) is 0 Å². The van der Waals surface area contributed by atoms with E-state index in [-0.39, 0.29) is 12.5 Å². The number of hydrogen-bond donors (Lipinski definition) is 2. The summed E-state index contributed by atoms with van der Waals surface area (Å²) >= 11 is 0. The third kappa shape index (κ3) is 4.08. The second-order valence-electron chi connectivity index (χ2n) is 4.07. The summed E-state index contributed by atoms with van der Waals surface area (Å²) in [5, 5.41) is 8.86. The molecule has 3 N–H and O–H groups in total. The van der Waals surface area contributed by atoms with Gasteiger partial charge in [0, 0.05) is 17.8 Å². The van der Waals surface area contributed by atoms with E-state index < -0.39 is 5.97 Å². The van der Waals surface area contributed by atoms with Crippen LogP contribution >= 0.6 is 0 Å². The van der Waals surface area contributed by atoms with E-state index in [0.29, 0.717) is 17.8 Å². The van der Waals surface area contributed by atoms with E-state index in [1.165, 1.54) is 4.90 Å². The van der Waals surface area contributed by atoms with Crippen molar-refractivity contribution in [2.24, 2.45) is 0 Å². The molecule has 1 amide bonds. The molecule has 0 saturated heterocycles. The van der Waals surface area contributed by atoms with Gasteiger partial charge in [-0.05, 0) is 30.7 Å². The van der Waals surface area contributed by atoms with Crippen molar-refractivity contribution in [2.45, 2.75) is 26.2 Å². The molecule has 5 nitrogen and oxygen atoms in total. The maximum absolute atomic E-state index is 12.0. The van der Waals surface area contributed by atoms with Crippen LogP contribution in [0.1, 0.15) is 26.2 Å². The van der Waals surface area contributed by atoms with Gasteiger partial charge < -0.3 is 15.7 Å². The van der Waals surface area contributed by atoms with Gasteiger partial charge in [0.1, 0.15) is 6.54 Å². The zero-order valence-corrected chi connectivity index (χ0v) is 10.4. The number of hydrogen-bond acceptors (Lipinski definition) is 3. The van der Waals surface area contributed by atoms with Crippen LogP contribution in [0, 0.1) is 0 Å². The molecule has 0 aliphatic rings. The van der Waals surface area contributed by atoms with Crippen molar-refractivity contribution in [2.75, 3.05) is 17.2 Å². The summed E-state index contributed by atoms with van der Waals surface area (Å²) in [4.78, 5) is 24.0. The maximum atomic E-state index is 12.0. The smallest absolute Gasteiger partial charge is 0.323 e. The first-order valence-corrected chi connectivity index (χ1v) is 5.92. The Morgan fingerprint density at radius 2 is 1.89 bits per heavy atom. The van der Waals surface area contributed by atoms with Gasteiger partial charge in [0.2, 0.25) is 5.91 Å². The number of amides is 1. The quantitative estimate of drug-likeness (QED) is 0.755. The van der Waals surface area contributed by atoms with Gasteiger partial charge in [-0.3, -0.25) is 9.59 Å². The van der Waals surface area contributed by atoms with Crippen LogP contribution in [-0.2, 0) is 9.59 Å². The molecule has 0 atom stereocenters. The van der Waals surface area contributed by atoms with Crippen molar-refractivity contribution < 1.29 is 14.7 Å². The van der Waals surface area contributed by atoms with Crippen molar-refractivity contribution in [1.29, 1.82) is 0 Å². The zero-order chi connectivity index (χ0) is 13.5. The molecule has 1 aromatic rings. The number of nitrogens with two attached hydrogens (primary N) is 1. The molecule has 0 bridgehead atoms. The van der Waals surface area contributed by atoms with E-state index in [0.717, 1.165) is 12.8 Å². The van der Waals surface area contributed by atoms with Gasteiger partial charge in [-0.1, -0.05) is 13.3 Å². The number of unbranched alkanes of at least 4 members (excludes halogenated alkanes) is 1. The summed E-state index contributed by atoms with van der Waals surface area (Å²) in [6.45, 7) is 1.66. The molecule has 0 aromatic heterocycles. The number of carbonyl (C=O) groups is 2. The Morgan fingerprint density at radius 1 is 1.28 bits per heavy atom. The summed E-state index contributed by atoms with van der Waals surface area (Å²) < 4.78 is 0. The summed E-state index contributed by atoms with van der Waals surface area (Å²) in [7, 11) is 0. The lowest BCUT2D eigenvalue weighted by molar-refractivity contribution is -0.136. The highest BCUT2D eigenvalue weighted by Crippen LogP contribution is 2.17. The minimum Gasteiger partial charge on any atom is -0.480 e. The van der Waals surface area contributed by atoms with Crippen LogP contribution in [0.25, 0.3) is 0 Å². The molecule has 0 fully saturated rings. The molecular weight excluding hydrogens is 232 g/mol. The fourth-order valence-electron chi connectivity index (χ4n) is 1.58. The number of nitrogens with zero attached hydrogens (tertiary/aromatic N) is 1. The van der Waals surface area contributed by atoms with Crippen molar-refractivity contribution >= 4 is 23.3 Å². The molecule has 0 heterocycles. The summed E-state index contributed by atoms with van der Waals surface area (Å²) in [6.07, 6.45) is 2.01. The average molecular weight is 250 g/mol. The lowest BCUT2D eigenvalue weighted by Gasteiger charge is -2.21. The SMILES string of the molecule is CCCCC(=O)N(CC(=O)O)c1ccc(N)cc1. The van der Waals surface area contributed by atoms with Crippen molar-refractivity contribution in [3.05, 3.63) is 24.3 Å².